The van der Waals surface area contributed by atoms with Gasteiger partial charge in [-0.1, -0.05) is 32.6 Å². The van der Waals surface area contributed by atoms with Crippen molar-refractivity contribution in [3.8, 4) is 5.75 Å². The number of amides is 1. The number of benzene rings is 1. The molecule has 132 valence electrons. The van der Waals surface area contributed by atoms with Gasteiger partial charge in [-0.3, -0.25) is 4.79 Å². The van der Waals surface area contributed by atoms with E-state index in [1.807, 2.05) is 26.0 Å². The van der Waals surface area contributed by atoms with Gasteiger partial charge < -0.3 is 19.5 Å². The number of carbonyl (C=O) groups is 1. The van der Waals surface area contributed by atoms with Crippen molar-refractivity contribution in [2.45, 2.75) is 25.9 Å². The molecule has 5 heteroatoms. The van der Waals surface area contributed by atoms with Crippen molar-refractivity contribution in [1.82, 2.24) is 4.90 Å². The molecule has 0 bridgehead atoms. The molecule has 0 saturated carbocycles. The molecule has 0 radical (unpaired) electrons. The summed E-state index contributed by atoms with van der Waals surface area (Å²) >= 11 is 0. The van der Waals surface area contributed by atoms with Gasteiger partial charge in [0.05, 0.1) is 12.2 Å². The lowest BCUT2D eigenvalue weighted by molar-refractivity contribution is -0.144. The SMILES string of the molecule is C=CCOc1cccc(C(=O)N2CC[C@@](O)(COC)C(C)(C)C2)c1. The third-order valence-corrected chi connectivity index (χ3v) is 4.76. The summed E-state index contributed by atoms with van der Waals surface area (Å²) < 4.78 is 10.7. The third kappa shape index (κ3) is 3.79. The number of hydrogen-bond donors (Lipinski definition) is 1. The molecule has 1 amide bonds. The molecule has 1 N–H and O–H groups in total. The van der Waals surface area contributed by atoms with Crippen molar-refractivity contribution in [3.05, 3.63) is 42.5 Å². The van der Waals surface area contributed by atoms with E-state index in [0.717, 1.165) is 0 Å². The molecule has 2 rings (SSSR count). The van der Waals surface area contributed by atoms with Gasteiger partial charge in [0.1, 0.15) is 12.4 Å². The van der Waals surface area contributed by atoms with E-state index in [-0.39, 0.29) is 12.5 Å². The zero-order chi connectivity index (χ0) is 17.8. The zero-order valence-corrected chi connectivity index (χ0v) is 14.7. The Bertz CT molecular complexity index is 599. The van der Waals surface area contributed by atoms with Crippen molar-refractivity contribution in [1.29, 1.82) is 0 Å². The summed E-state index contributed by atoms with van der Waals surface area (Å²) in [4.78, 5) is 14.6. The van der Waals surface area contributed by atoms with Crippen LogP contribution in [0.4, 0.5) is 0 Å². The molecule has 1 fully saturated rings. The van der Waals surface area contributed by atoms with Crippen LogP contribution in [0, 0.1) is 5.41 Å². The first-order valence-corrected chi connectivity index (χ1v) is 8.17. The monoisotopic (exact) mass is 333 g/mol. The molecular formula is C19H27NO4. The van der Waals surface area contributed by atoms with Gasteiger partial charge >= 0.3 is 0 Å². The molecule has 1 aliphatic rings. The second-order valence-corrected chi connectivity index (χ2v) is 6.95. The lowest BCUT2D eigenvalue weighted by Crippen LogP contribution is -2.60. The van der Waals surface area contributed by atoms with Crippen LogP contribution in [-0.4, -0.2) is 54.9 Å². The van der Waals surface area contributed by atoms with Gasteiger partial charge in [0.2, 0.25) is 0 Å². The normalized spacial score (nSPS) is 22.9. The fourth-order valence-electron chi connectivity index (χ4n) is 3.10. The minimum absolute atomic E-state index is 0.0494. The summed E-state index contributed by atoms with van der Waals surface area (Å²) in [6.45, 7) is 9.20. The molecule has 24 heavy (non-hydrogen) atoms. The van der Waals surface area contributed by atoms with Gasteiger partial charge in [-0.05, 0) is 24.6 Å². The Kier molecular flexibility index (Phi) is 5.67. The summed E-state index contributed by atoms with van der Waals surface area (Å²) in [5.41, 5.74) is -0.786. The van der Waals surface area contributed by atoms with E-state index < -0.39 is 11.0 Å². The lowest BCUT2D eigenvalue weighted by atomic mass is 9.70. The quantitative estimate of drug-likeness (QED) is 0.813. The Morgan fingerprint density at radius 3 is 2.83 bits per heavy atom. The van der Waals surface area contributed by atoms with Crippen LogP contribution in [0.15, 0.2) is 36.9 Å². The number of methoxy groups -OCH3 is 1. The molecule has 0 aliphatic carbocycles. The van der Waals surface area contributed by atoms with Gasteiger partial charge in [-0.15, -0.1) is 0 Å². The Balaban J connectivity index is 2.13. The van der Waals surface area contributed by atoms with Crippen molar-refractivity contribution < 1.29 is 19.4 Å². The Labute approximate surface area is 143 Å². The maximum atomic E-state index is 12.8. The standard InChI is InChI=1S/C19H27NO4/c1-5-11-24-16-8-6-7-15(12-16)17(21)20-10-9-19(22,14-23-4)18(2,3)13-20/h5-8,12,22H,1,9-11,13-14H2,2-4H3/t19-/m1/s1. The second kappa shape index (κ2) is 7.36. The average molecular weight is 333 g/mol. The molecule has 1 aliphatic heterocycles. The molecule has 1 saturated heterocycles. The molecule has 0 unspecified atom stereocenters. The minimum atomic E-state index is -0.923. The summed E-state index contributed by atoms with van der Waals surface area (Å²) in [7, 11) is 1.58. The van der Waals surface area contributed by atoms with E-state index >= 15 is 0 Å². The Hall–Kier alpha value is -1.85. The highest BCUT2D eigenvalue weighted by atomic mass is 16.5. The van der Waals surface area contributed by atoms with Crippen molar-refractivity contribution in [3.63, 3.8) is 0 Å². The number of ether oxygens (including phenoxy) is 2. The van der Waals surface area contributed by atoms with Gasteiger partial charge in [0, 0.05) is 31.2 Å². The maximum absolute atomic E-state index is 12.8. The first-order chi connectivity index (χ1) is 11.3. The van der Waals surface area contributed by atoms with E-state index in [1.54, 1.807) is 30.2 Å². The van der Waals surface area contributed by atoms with Crippen LogP contribution in [0.3, 0.4) is 0 Å². The van der Waals surface area contributed by atoms with Crippen LogP contribution in [0.5, 0.6) is 5.75 Å². The van der Waals surface area contributed by atoms with Crippen molar-refractivity contribution in [2.24, 2.45) is 5.41 Å². The van der Waals surface area contributed by atoms with Crippen LogP contribution in [0.2, 0.25) is 0 Å². The second-order valence-electron chi connectivity index (χ2n) is 6.95. The summed E-state index contributed by atoms with van der Waals surface area (Å²) in [5.74, 6) is 0.597. The fraction of sp³-hybridized carbons (Fsp3) is 0.526. The van der Waals surface area contributed by atoms with E-state index in [4.69, 9.17) is 9.47 Å². The summed E-state index contributed by atoms with van der Waals surface area (Å²) in [6, 6.07) is 7.15. The lowest BCUT2D eigenvalue weighted by Gasteiger charge is -2.49. The highest BCUT2D eigenvalue weighted by molar-refractivity contribution is 5.94. The van der Waals surface area contributed by atoms with Crippen LogP contribution in [-0.2, 0) is 4.74 Å². The third-order valence-electron chi connectivity index (χ3n) is 4.76. The van der Waals surface area contributed by atoms with Crippen LogP contribution >= 0.6 is 0 Å². The molecule has 0 spiro atoms. The predicted molar refractivity (Wildman–Crippen MR) is 93.3 cm³/mol. The largest absolute Gasteiger partial charge is 0.490 e. The Morgan fingerprint density at radius 1 is 1.46 bits per heavy atom. The number of nitrogens with zero attached hydrogens (tertiary/aromatic N) is 1. The average Bonchev–Trinajstić information content (AvgIpc) is 2.55. The minimum Gasteiger partial charge on any atom is -0.490 e. The van der Waals surface area contributed by atoms with Crippen LogP contribution in [0.25, 0.3) is 0 Å². The number of hydrogen-bond acceptors (Lipinski definition) is 4. The van der Waals surface area contributed by atoms with Gasteiger partial charge in [0.25, 0.3) is 5.91 Å². The first-order valence-electron chi connectivity index (χ1n) is 8.17. The highest BCUT2D eigenvalue weighted by Crippen LogP contribution is 2.39. The first kappa shape index (κ1) is 18.5. The van der Waals surface area contributed by atoms with E-state index in [9.17, 15) is 9.90 Å². The molecule has 1 aromatic carbocycles. The van der Waals surface area contributed by atoms with Crippen LogP contribution < -0.4 is 4.74 Å². The smallest absolute Gasteiger partial charge is 0.254 e. The predicted octanol–water partition coefficient (Wildman–Crippen LogP) is 2.50. The number of rotatable bonds is 6. The fourth-order valence-corrected chi connectivity index (χ4v) is 3.10. The highest BCUT2D eigenvalue weighted by Gasteiger charge is 2.48. The summed E-state index contributed by atoms with van der Waals surface area (Å²) in [6.07, 6.45) is 2.16. The van der Waals surface area contributed by atoms with Crippen molar-refractivity contribution >= 4 is 5.91 Å². The molecule has 5 nitrogen and oxygen atoms in total. The van der Waals surface area contributed by atoms with E-state index in [2.05, 4.69) is 6.58 Å². The van der Waals surface area contributed by atoms with E-state index in [1.165, 1.54) is 0 Å². The van der Waals surface area contributed by atoms with Crippen LogP contribution in [0.1, 0.15) is 30.6 Å². The topological polar surface area (TPSA) is 59.0 Å². The number of aliphatic hydroxyl groups is 1. The van der Waals surface area contributed by atoms with Gasteiger partial charge in [-0.2, -0.15) is 0 Å². The Morgan fingerprint density at radius 2 is 2.21 bits per heavy atom. The van der Waals surface area contributed by atoms with Crippen molar-refractivity contribution in [2.75, 3.05) is 33.4 Å². The maximum Gasteiger partial charge on any atom is 0.254 e. The number of likely N-dealkylation sites (tertiary alicyclic amines) is 1. The number of piperidine rings is 1. The van der Waals surface area contributed by atoms with Gasteiger partial charge in [-0.25, -0.2) is 0 Å². The zero-order valence-electron chi connectivity index (χ0n) is 14.7. The molecule has 1 atom stereocenters. The molecule has 1 heterocycles. The molecule has 1 aromatic rings. The molecular weight excluding hydrogens is 306 g/mol. The van der Waals surface area contributed by atoms with E-state index in [0.29, 0.717) is 37.4 Å². The summed E-state index contributed by atoms with van der Waals surface area (Å²) in [5, 5.41) is 10.8. The number of carbonyl (C=O) groups excluding carboxylic acids is 1. The molecule has 0 aromatic heterocycles. The van der Waals surface area contributed by atoms with Gasteiger partial charge in [0.15, 0.2) is 0 Å².